The Morgan fingerprint density at radius 1 is 1.39 bits per heavy atom. The van der Waals surface area contributed by atoms with Gasteiger partial charge in [0.05, 0.1) is 5.56 Å². The first-order chi connectivity index (χ1) is 8.51. The maximum atomic E-state index is 12.6. The lowest BCUT2D eigenvalue weighted by Crippen LogP contribution is -2.37. The SMILES string of the molecule is CCCN(C(=O)c1cc(C)ccc1NC)C(C)C. The summed E-state index contributed by atoms with van der Waals surface area (Å²) in [6, 6.07) is 6.16. The van der Waals surface area contributed by atoms with Crippen LogP contribution in [0.15, 0.2) is 18.2 Å². The number of anilines is 1. The fourth-order valence-electron chi connectivity index (χ4n) is 2.04. The molecule has 1 aromatic carbocycles. The molecule has 1 rings (SSSR count). The number of aryl methyl sites for hydroxylation is 1. The van der Waals surface area contributed by atoms with Gasteiger partial charge in [-0.05, 0) is 39.3 Å². The molecule has 3 heteroatoms. The Labute approximate surface area is 110 Å². The number of nitrogens with one attached hydrogen (secondary N) is 1. The lowest BCUT2D eigenvalue weighted by molar-refractivity contribution is 0.0707. The van der Waals surface area contributed by atoms with Crippen LogP contribution >= 0.6 is 0 Å². The van der Waals surface area contributed by atoms with Crippen molar-refractivity contribution >= 4 is 11.6 Å². The van der Waals surface area contributed by atoms with E-state index in [1.54, 1.807) is 0 Å². The van der Waals surface area contributed by atoms with Crippen LogP contribution in [-0.2, 0) is 0 Å². The van der Waals surface area contributed by atoms with E-state index in [1.807, 2.05) is 37.1 Å². The summed E-state index contributed by atoms with van der Waals surface area (Å²) in [4.78, 5) is 14.5. The minimum absolute atomic E-state index is 0.111. The molecule has 0 aromatic heterocycles. The topological polar surface area (TPSA) is 32.3 Å². The molecular weight excluding hydrogens is 224 g/mol. The highest BCUT2D eigenvalue weighted by Gasteiger charge is 2.20. The number of nitrogens with zero attached hydrogens (tertiary/aromatic N) is 1. The Morgan fingerprint density at radius 2 is 2.06 bits per heavy atom. The highest BCUT2D eigenvalue weighted by atomic mass is 16.2. The molecule has 3 nitrogen and oxygen atoms in total. The van der Waals surface area contributed by atoms with Gasteiger partial charge < -0.3 is 10.2 Å². The van der Waals surface area contributed by atoms with E-state index < -0.39 is 0 Å². The number of hydrogen-bond acceptors (Lipinski definition) is 2. The Kier molecular flexibility index (Phi) is 5.20. The van der Waals surface area contributed by atoms with Gasteiger partial charge in [0.25, 0.3) is 5.91 Å². The molecule has 0 saturated heterocycles. The molecule has 0 heterocycles. The van der Waals surface area contributed by atoms with Crippen molar-refractivity contribution in [2.24, 2.45) is 0 Å². The van der Waals surface area contributed by atoms with Crippen molar-refractivity contribution in [2.45, 2.75) is 40.2 Å². The first-order valence-electron chi connectivity index (χ1n) is 6.60. The van der Waals surface area contributed by atoms with Crippen molar-refractivity contribution in [2.75, 3.05) is 18.9 Å². The van der Waals surface area contributed by atoms with E-state index >= 15 is 0 Å². The highest BCUT2D eigenvalue weighted by Crippen LogP contribution is 2.20. The van der Waals surface area contributed by atoms with Gasteiger partial charge in [-0.2, -0.15) is 0 Å². The van der Waals surface area contributed by atoms with E-state index in [9.17, 15) is 4.79 Å². The molecule has 0 bridgehead atoms. The third-order valence-electron chi connectivity index (χ3n) is 3.02. The average Bonchev–Trinajstić information content (AvgIpc) is 2.34. The summed E-state index contributed by atoms with van der Waals surface area (Å²) in [5, 5.41) is 3.09. The van der Waals surface area contributed by atoms with E-state index in [0.29, 0.717) is 0 Å². The summed E-state index contributed by atoms with van der Waals surface area (Å²) in [6.45, 7) is 9.02. The van der Waals surface area contributed by atoms with Gasteiger partial charge in [-0.15, -0.1) is 0 Å². The molecule has 1 amide bonds. The van der Waals surface area contributed by atoms with Gasteiger partial charge in [0.2, 0.25) is 0 Å². The van der Waals surface area contributed by atoms with Crippen LogP contribution in [-0.4, -0.2) is 30.4 Å². The Hall–Kier alpha value is -1.51. The molecule has 100 valence electrons. The number of hydrogen-bond donors (Lipinski definition) is 1. The number of carbonyl (C=O) groups is 1. The molecule has 0 aliphatic carbocycles. The maximum Gasteiger partial charge on any atom is 0.256 e. The second kappa shape index (κ2) is 6.43. The van der Waals surface area contributed by atoms with Crippen LogP contribution in [0.2, 0.25) is 0 Å². The van der Waals surface area contributed by atoms with Crippen LogP contribution in [0.1, 0.15) is 43.1 Å². The fourth-order valence-corrected chi connectivity index (χ4v) is 2.04. The largest absolute Gasteiger partial charge is 0.387 e. The summed E-state index contributed by atoms with van der Waals surface area (Å²) in [5.41, 5.74) is 2.77. The summed E-state index contributed by atoms with van der Waals surface area (Å²) in [5.74, 6) is 0.111. The quantitative estimate of drug-likeness (QED) is 0.867. The van der Waals surface area contributed by atoms with Crippen molar-refractivity contribution in [1.82, 2.24) is 4.90 Å². The summed E-state index contributed by atoms with van der Waals surface area (Å²) in [7, 11) is 1.85. The third-order valence-corrected chi connectivity index (χ3v) is 3.02. The van der Waals surface area contributed by atoms with Crippen LogP contribution in [0.5, 0.6) is 0 Å². The second-order valence-corrected chi connectivity index (χ2v) is 4.89. The van der Waals surface area contributed by atoms with Crippen molar-refractivity contribution in [3.8, 4) is 0 Å². The van der Waals surface area contributed by atoms with Gasteiger partial charge in [0.15, 0.2) is 0 Å². The smallest absolute Gasteiger partial charge is 0.256 e. The molecule has 18 heavy (non-hydrogen) atoms. The Balaban J connectivity index is 3.11. The molecule has 0 spiro atoms. The molecule has 0 saturated carbocycles. The van der Waals surface area contributed by atoms with Crippen LogP contribution in [0.3, 0.4) is 0 Å². The summed E-state index contributed by atoms with van der Waals surface area (Å²) >= 11 is 0. The number of rotatable bonds is 5. The zero-order valence-electron chi connectivity index (χ0n) is 12.1. The minimum Gasteiger partial charge on any atom is -0.387 e. The highest BCUT2D eigenvalue weighted by molar-refractivity contribution is 6.00. The minimum atomic E-state index is 0.111. The second-order valence-electron chi connectivity index (χ2n) is 4.89. The predicted molar refractivity (Wildman–Crippen MR) is 77.2 cm³/mol. The first kappa shape index (κ1) is 14.6. The predicted octanol–water partition coefficient (Wildman–Crippen LogP) is 3.30. The lowest BCUT2D eigenvalue weighted by atomic mass is 10.1. The molecular formula is C15H24N2O. The third kappa shape index (κ3) is 3.25. The van der Waals surface area contributed by atoms with Crippen molar-refractivity contribution in [1.29, 1.82) is 0 Å². The normalized spacial score (nSPS) is 10.6. The van der Waals surface area contributed by atoms with Gasteiger partial charge in [0.1, 0.15) is 0 Å². The van der Waals surface area contributed by atoms with Crippen molar-refractivity contribution in [3.63, 3.8) is 0 Å². The molecule has 0 aliphatic heterocycles. The molecule has 0 aliphatic rings. The van der Waals surface area contributed by atoms with Crippen LogP contribution in [0.4, 0.5) is 5.69 Å². The number of amides is 1. The van der Waals surface area contributed by atoms with Gasteiger partial charge in [-0.25, -0.2) is 0 Å². The molecule has 0 fully saturated rings. The monoisotopic (exact) mass is 248 g/mol. The van der Waals surface area contributed by atoms with Crippen LogP contribution < -0.4 is 5.32 Å². The molecule has 1 aromatic rings. The molecule has 0 radical (unpaired) electrons. The van der Waals surface area contributed by atoms with Gasteiger partial charge in [-0.1, -0.05) is 18.6 Å². The zero-order chi connectivity index (χ0) is 13.7. The van der Waals surface area contributed by atoms with Crippen LogP contribution in [0.25, 0.3) is 0 Å². The summed E-state index contributed by atoms with van der Waals surface area (Å²) < 4.78 is 0. The van der Waals surface area contributed by atoms with Gasteiger partial charge in [-0.3, -0.25) is 4.79 Å². The van der Waals surface area contributed by atoms with Crippen molar-refractivity contribution < 1.29 is 4.79 Å². The van der Waals surface area contributed by atoms with E-state index in [2.05, 4.69) is 26.1 Å². The lowest BCUT2D eigenvalue weighted by Gasteiger charge is -2.27. The average molecular weight is 248 g/mol. The zero-order valence-corrected chi connectivity index (χ0v) is 12.1. The maximum absolute atomic E-state index is 12.6. The van der Waals surface area contributed by atoms with E-state index in [4.69, 9.17) is 0 Å². The van der Waals surface area contributed by atoms with E-state index in [0.717, 1.165) is 29.8 Å². The van der Waals surface area contributed by atoms with Crippen LogP contribution in [0, 0.1) is 6.92 Å². The van der Waals surface area contributed by atoms with E-state index in [-0.39, 0.29) is 11.9 Å². The number of carbonyl (C=O) groups excluding carboxylic acids is 1. The molecule has 0 unspecified atom stereocenters. The summed E-state index contributed by atoms with van der Waals surface area (Å²) in [6.07, 6.45) is 0.977. The standard InChI is InChI=1S/C15H24N2O/c1-6-9-17(11(2)3)15(18)13-10-12(4)7-8-14(13)16-5/h7-8,10-11,16H,6,9H2,1-5H3. The molecule has 0 atom stereocenters. The van der Waals surface area contributed by atoms with Gasteiger partial charge in [0, 0.05) is 25.3 Å². The fraction of sp³-hybridized carbons (Fsp3) is 0.533. The van der Waals surface area contributed by atoms with Crippen molar-refractivity contribution in [3.05, 3.63) is 29.3 Å². The number of benzene rings is 1. The Morgan fingerprint density at radius 3 is 2.56 bits per heavy atom. The molecule has 1 N–H and O–H groups in total. The van der Waals surface area contributed by atoms with Gasteiger partial charge >= 0.3 is 0 Å². The van der Waals surface area contributed by atoms with E-state index in [1.165, 1.54) is 0 Å². The first-order valence-corrected chi connectivity index (χ1v) is 6.60. The Bertz CT molecular complexity index is 413.